The number of aliphatic hydroxyl groups excluding tert-OH is 1. The van der Waals surface area contributed by atoms with Crippen LogP contribution in [0.4, 0.5) is 5.69 Å². The molecule has 17 heavy (non-hydrogen) atoms. The zero-order valence-electron chi connectivity index (χ0n) is 9.69. The number of nitrogens with one attached hydrogen (secondary N) is 1. The highest BCUT2D eigenvalue weighted by atomic mass is 35.5. The van der Waals surface area contributed by atoms with Crippen LogP contribution in [-0.4, -0.2) is 27.5 Å². The second-order valence-electron chi connectivity index (χ2n) is 3.71. The third-order valence-corrected chi connectivity index (χ3v) is 2.62. The van der Waals surface area contributed by atoms with E-state index in [0.717, 1.165) is 0 Å². The second kappa shape index (κ2) is 6.42. The fourth-order valence-electron chi connectivity index (χ4n) is 1.35. The van der Waals surface area contributed by atoms with E-state index in [-0.39, 0.29) is 23.2 Å². The molecule has 6 heteroatoms. The number of hydrogen-bond acceptors (Lipinski definition) is 4. The van der Waals surface area contributed by atoms with Crippen LogP contribution in [0.3, 0.4) is 0 Å². The molecule has 1 rings (SSSR count). The highest BCUT2D eigenvalue weighted by molar-refractivity contribution is 6.32. The lowest BCUT2D eigenvalue weighted by molar-refractivity contribution is 0.282. The van der Waals surface area contributed by atoms with Crippen LogP contribution in [0.1, 0.15) is 13.3 Å². The molecule has 0 saturated heterocycles. The summed E-state index contributed by atoms with van der Waals surface area (Å²) in [4.78, 5) is 11.8. The van der Waals surface area contributed by atoms with Crippen molar-refractivity contribution in [2.75, 3.05) is 11.9 Å². The van der Waals surface area contributed by atoms with Crippen molar-refractivity contribution in [3.05, 3.63) is 34.2 Å². The lowest BCUT2D eigenvalue weighted by atomic mass is 10.2. The molecule has 0 spiro atoms. The molecule has 94 valence electrons. The monoisotopic (exact) mass is 257 g/mol. The van der Waals surface area contributed by atoms with Crippen molar-refractivity contribution in [2.45, 2.75) is 25.9 Å². The topological polar surface area (TPSA) is 67.2 Å². The average molecular weight is 258 g/mol. The fraction of sp³-hybridized carbons (Fsp3) is 0.455. The molecule has 5 nitrogen and oxygen atoms in total. The van der Waals surface area contributed by atoms with E-state index in [9.17, 15) is 4.79 Å². The molecule has 0 aromatic carbocycles. The number of allylic oxidation sites excluding steroid dienone is 1. The maximum atomic E-state index is 11.8. The molecule has 0 bridgehead atoms. The third kappa shape index (κ3) is 3.57. The van der Waals surface area contributed by atoms with E-state index in [2.05, 4.69) is 17.0 Å². The summed E-state index contributed by atoms with van der Waals surface area (Å²) in [6.45, 7) is 5.83. The number of anilines is 1. The van der Waals surface area contributed by atoms with Gasteiger partial charge in [-0.05, 0) is 13.3 Å². The summed E-state index contributed by atoms with van der Waals surface area (Å²) in [7, 11) is 0. The SMILES string of the molecule is C=CCn1ncc(NC(C)CCO)c(Cl)c1=O. The molecule has 0 aliphatic rings. The van der Waals surface area contributed by atoms with Crippen molar-refractivity contribution < 1.29 is 5.11 Å². The Hall–Kier alpha value is -1.33. The van der Waals surface area contributed by atoms with Gasteiger partial charge in [0.15, 0.2) is 0 Å². The van der Waals surface area contributed by atoms with E-state index >= 15 is 0 Å². The van der Waals surface area contributed by atoms with Gasteiger partial charge in [0, 0.05) is 12.6 Å². The molecule has 0 amide bonds. The first-order valence-corrected chi connectivity index (χ1v) is 5.71. The molecule has 1 heterocycles. The average Bonchev–Trinajstić information content (AvgIpc) is 2.29. The first-order valence-electron chi connectivity index (χ1n) is 5.34. The Morgan fingerprint density at radius 1 is 1.76 bits per heavy atom. The van der Waals surface area contributed by atoms with Gasteiger partial charge in [0.2, 0.25) is 0 Å². The zero-order valence-corrected chi connectivity index (χ0v) is 10.4. The molecule has 0 fully saturated rings. The minimum absolute atomic E-state index is 0.0222. The Balaban J connectivity index is 2.92. The van der Waals surface area contributed by atoms with Gasteiger partial charge in [0.25, 0.3) is 5.56 Å². The van der Waals surface area contributed by atoms with Gasteiger partial charge in [-0.1, -0.05) is 17.7 Å². The normalized spacial score (nSPS) is 12.2. The van der Waals surface area contributed by atoms with Gasteiger partial charge in [-0.2, -0.15) is 5.10 Å². The van der Waals surface area contributed by atoms with Crippen molar-refractivity contribution in [1.82, 2.24) is 9.78 Å². The van der Waals surface area contributed by atoms with E-state index in [4.69, 9.17) is 16.7 Å². The second-order valence-corrected chi connectivity index (χ2v) is 4.08. The van der Waals surface area contributed by atoms with Crippen molar-refractivity contribution in [2.24, 2.45) is 0 Å². The first-order chi connectivity index (χ1) is 8.10. The van der Waals surface area contributed by atoms with Crippen LogP contribution >= 0.6 is 11.6 Å². The van der Waals surface area contributed by atoms with Crippen LogP contribution in [0.15, 0.2) is 23.6 Å². The van der Waals surface area contributed by atoms with Crippen LogP contribution in [-0.2, 0) is 6.54 Å². The summed E-state index contributed by atoms with van der Waals surface area (Å²) in [5.74, 6) is 0. The summed E-state index contributed by atoms with van der Waals surface area (Å²) in [6.07, 6.45) is 3.65. The molecule has 1 aromatic heterocycles. The smallest absolute Gasteiger partial charge is 0.287 e. The molecular weight excluding hydrogens is 242 g/mol. The number of nitrogens with zero attached hydrogens (tertiary/aromatic N) is 2. The number of aliphatic hydroxyl groups is 1. The molecule has 0 saturated carbocycles. The van der Waals surface area contributed by atoms with Crippen LogP contribution in [0, 0.1) is 0 Å². The Labute approximate surface area is 105 Å². The number of aromatic nitrogens is 2. The Morgan fingerprint density at radius 3 is 3.06 bits per heavy atom. The standard InChI is InChI=1S/C11H16ClN3O2/c1-3-5-15-11(17)10(12)9(7-13-15)14-8(2)4-6-16/h3,7-8,14,16H,1,4-6H2,2H3. The summed E-state index contributed by atoms with van der Waals surface area (Å²) in [5.41, 5.74) is 0.130. The molecule has 2 N–H and O–H groups in total. The van der Waals surface area contributed by atoms with E-state index in [1.807, 2.05) is 6.92 Å². The number of halogens is 1. The Kier molecular flexibility index (Phi) is 5.18. The van der Waals surface area contributed by atoms with Crippen molar-refractivity contribution in [3.63, 3.8) is 0 Å². The van der Waals surface area contributed by atoms with Crippen molar-refractivity contribution >= 4 is 17.3 Å². The largest absolute Gasteiger partial charge is 0.396 e. The van der Waals surface area contributed by atoms with Gasteiger partial charge in [0.05, 0.1) is 18.4 Å². The van der Waals surface area contributed by atoms with Gasteiger partial charge in [-0.3, -0.25) is 4.79 Å². The van der Waals surface area contributed by atoms with E-state index in [1.54, 1.807) is 6.08 Å². The van der Waals surface area contributed by atoms with Crippen molar-refractivity contribution in [1.29, 1.82) is 0 Å². The van der Waals surface area contributed by atoms with Gasteiger partial charge in [-0.15, -0.1) is 6.58 Å². The lowest BCUT2D eigenvalue weighted by Crippen LogP contribution is -2.25. The van der Waals surface area contributed by atoms with Gasteiger partial charge in [0.1, 0.15) is 5.02 Å². The molecule has 1 unspecified atom stereocenters. The van der Waals surface area contributed by atoms with Crippen LogP contribution < -0.4 is 10.9 Å². The highest BCUT2D eigenvalue weighted by Gasteiger charge is 2.10. The van der Waals surface area contributed by atoms with E-state index in [1.165, 1.54) is 10.9 Å². The molecule has 0 aliphatic carbocycles. The molecule has 0 radical (unpaired) electrons. The number of rotatable bonds is 6. The molecule has 1 aromatic rings. The van der Waals surface area contributed by atoms with Gasteiger partial charge >= 0.3 is 0 Å². The summed E-state index contributed by atoms with van der Waals surface area (Å²) >= 11 is 5.95. The zero-order chi connectivity index (χ0) is 12.8. The van der Waals surface area contributed by atoms with Crippen LogP contribution in [0.25, 0.3) is 0 Å². The van der Waals surface area contributed by atoms with Crippen molar-refractivity contribution in [3.8, 4) is 0 Å². The Bertz CT molecular complexity index is 445. The predicted molar refractivity (Wildman–Crippen MR) is 68.5 cm³/mol. The van der Waals surface area contributed by atoms with Crippen LogP contribution in [0.2, 0.25) is 5.02 Å². The molecule has 1 atom stereocenters. The Morgan fingerprint density at radius 2 is 2.47 bits per heavy atom. The van der Waals surface area contributed by atoms with Gasteiger partial charge in [-0.25, -0.2) is 4.68 Å². The summed E-state index contributed by atoms with van der Waals surface area (Å²) in [5, 5.41) is 15.9. The fourth-order valence-corrected chi connectivity index (χ4v) is 1.55. The van der Waals surface area contributed by atoms with Crippen LogP contribution in [0.5, 0.6) is 0 Å². The maximum absolute atomic E-state index is 11.8. The predicted octanol–water partition coefficient (Wildman–Crippen LogP) is 1.27. The lowest BCUT2D eigenvalue weighted by Gasteiger charge is -2.15. The van der Waals surface area contributed by atoms with E-state index in [0.29, 0.717) is 18.7 Å². The molecule has 0 aliphatic heterocycles. The third-order valence-electron chi connectivity index (χ3n) is 2.25. The first kappa shape index (κ1) is 13.7. The minimum atomic E-state index is -0.354. The quantitative estimate of drug-likeness (QED) is 0.753. The summed E-state index contributed by atoms with van der Waals surface area (Å²) < 4.78 is 1.23. The van der Waals surface area contributed by atoms with Gasteiger partial charge < -0.3 is 10.4 Å². The molecular formula is C11H16ClN3O2. The highest BCUT2D eigenvalue weighted by Crippen LogP contribution is 2.16. The number of hydrogen-bond donors (Lipinski definition) is 2. The maximum Gasteiger partial charge on any atom is 0.287 e. The van der Waals surface area contributed by atoms with E-state index < -0.39 is 0 Å². The minimum Gasteiger partial charge on any atom is -0.396 e. The summed E-state index contributed by atoms with van der Waals surface area (Å²) in [6, 6.07) is 0.0222.